The summed E-state index contributed by atoms with van der Waals surface area (Å²) < 4.78 is 1.19. The molecule has 4 aliphatic rings. The number of thioether (sulfide) groups is 2. The molecule has 1 aliphatic heterocycles. The molecule has 104 valence electrons. The topological polar surface area (TPSA) is 0 Å². The van der Waals surface area contributed by atoms with Gasteiger partial charge < -0.3 is 0 Å². The molecule has 0 N–H and O–H groups in total. The Morgan fingerprint density at radius 3 is 2.39 bits per heavy atom. The van der Waals surface area contributed by atoms with Crippen LogP contribution in [0.25, 0.3) is 0 Å². The first-order valence-corrected chi connectivity index (χ1v) is 9.53. The average Bonchev–Trinajstić information content (AvgIpc) is 2.66. The summed E-state index contributed by atoms with van der Waals surface area (Å²) in [6.07, 6.45) is 8.94. The van der Waals surface area contributed by atoms with Gasteiger partial charge in [-0.3, -0.25) is 0 Å². The van der Waals surface area contributed by atoms with Crippen LogP contribution in [0, 0.1) is 11.3 Å². The Labute approximate surface area is 121 Å². The highest BCUT2D eigenvalue weighted by atomic mass is 32.2. The van der Waals surface area contributed by atoms with Crippen molar-refractivity contribution < 1.29 is 0 Å². The molecule has 3 aliphatic carbocycles. The monoisotopic (exact) mass is 284 g/mol. The van der Waals surface area contributed by atoms with Crippen molar-refractivity contribution in [3.63, 3.8) is 0 Å². The van der Waals surface area contributed by atoms with Gasteiger partial charge in [0.25, 0.3) is 0 Å². The van der Waals surface area contributed by atoms with E-state index < -0.39 is 0 Å². The minimum absolute atomic E-state index is 0.506. The molecule has 2 heteroatoms. The van der Waals surface area contributed by atoms with E-state index in [1.165, 1.54) is 44.3 Å². The van der Waals surface area contributed by atoms with Crippen molar-refractivity contribution >= 4 is 23.5 Å². The van der Waals surface area contributed by atoms with E-state index in [-0.39, 0.29) is 0 Å². The normalized spacial score (nSPS) is 42.8. The zero-order valence-electron chi connectivity index (χ0n) is 12.4. The average molecular weight is 285 g/mol. The molecule has 1 atom stereocenters. The smallest absolute Gasteiger partial charge is 0.0176 e. The van der Waals surface area contributed by atoms with Gasteiger partial charge in [0.05, 0.1) is 0 Å². The van der Waals surface area contributed by atoms with Crippen LogP contribution in [-0.4, -0.2) is 20.5 Å². The highest BCUT2D eigenvalue weighted by Gasteiger charge is 2.62. The second-order valence-corrected chi connectivity index (χ2v) is 11.5. The third-order valence-corrected chi connectivity index (χ3v) is 8.65. The van der Waals surface area contributed by atoms with Gasteiger partial charge in [0.15, 0.2) is 0 Å². The van der Waals surface area contributed by atoms with Crippen molar-refractivity contribution in [3.05, 3.63) is 0 Å². The van der Waals surface area contributed by atoms with E-state index in [1.54, 1.807) is 0 Å². The third kappa shape index (κ3) is 2.26. The molecular formula is C16H28S2. The van der Waals surface area contributed by atoms with Crippen molar-refractivity contribution in [3.8, 4) is 0 Å². The van der Waals surface area contributed by atoms with Gasteiger partial charge in [-0.1, -0.05) is 27.7 Å². The maximum atomic E-state index is 2.50. The molecule has 0 radical (unpaired) electrons. The zero-order valence-corrected chi connectivity index (χ0v) is 14.1. The largest absolute Gasteiger partial charge is 0.158 e. The van der Waals surface area contributed by atoms with E-state index in [4.69, 9.17) is 0 Å². The van der Waals surface area contributed by atoms with Gasteiger partial charge in [0.1, 0.15) is 0 Å². The van der Waals surface area contributed by atoms with Crippen LogP contribution in [0.5, 0.6) is 0 Å². The second-order valence-electron chi connectivity index (χ2n) is 7.90. The lowest BCUT2D eigenvalue weighted by atomic mass is 9.63. The molecule has 3 saturated carbocycles. The lowest BCUT2D eigenvalue weighted by Crippen LogP contribution is -2.46. The standard InChI is InChI=1S/C16H28S2/c1-12(2)15-6-7-16(10-15,11-15)18-14(3,4)9-13-5-8-17-13/h12-13H,5-11H2,1-4H3. The van der Waals surface area contributed by atoms with Crippen molar-refractivity contribution in [2.24, 2.45) is 11.3 Å². The van der Waals surface area contributed by atoms with Crippen molar-refractivity contribution in [1.82, 2.24) is 0 Å². The highest BCUT2D eigenvalue weighted by molar-refractivity contribution is 8.02. The number of fused-ring (bicyclic) bond motifs is 1. The second kappa shape index (κ2) is 4.35. The summed E-state index contributed by atoms with van der Waals surface area (Å²) in [5, 5.41) is 0.972. The fourth-order valence-electron chi connectivity index (χ4n) is 4.50. The molecule has 0 aromatic carbocycles. The van der Waals surface area contributed by atoms with Gasteiger partial charge in [-0.25, -0.2) is 0 Å². The molecule has 0 aromatic heterocycles. The Balaban J connectivity index is 1.57. The molecular weight excluding hydrogens is 256 g/mol. The SMILES string of the molecule is CC(C)C12CCC(SC(C)(C)CC3CCS3)(C1)C2. The Morgan fingerprint density at radius 1 is 1.28 bits per heavy atom. The molecule has 4 fully saturated rings. The van der Waals surface area contributed by atoms with E-state index in [0.29, 0.717) is 9.49 Å². The number of hydrogen-bond acceptors (Lipinski definition) is 2. The van der Waals surface area contributed by atoms with E-state index in [1.807, 2.05) is 0 Å². The maximum Gasteiger partial charge on any atom is 0.0176 e. The van der Waals surface area contributed by atoms with Crippen LogP contribution in [0.4, 0.5) is 0 Å². The van der Waals surface area contributed by atoms with E-state index in [0.717, 1.165) is 16.6 Å². The van der Waals surface area contributed by atoms with Crippen molar-refractivity contribution in [2.45, 2.75) is 81.0 Å². The fourth-order valence-corrected chi connectivity index (χ4v) is 8.09. The van der Waals surface area contributed by atoms with Crippen LogP contribution in [-0.2, 0) is 0 Å². The first kappa shape index (κ1) is 13.7. The van der Waals surface area contributed by atoms with Gasteiger partial charge in [-0.15, -0.1) is 11.8 Å². The van der Waals surface area contributed by atoms with Gasteiger partial charge >= 0.3 is 0 Å². The predicted octanol–water partition coefficient (Wildman–Crippen LogP) is 5.36. The van der Waals surface area contributed by atoms with Crippen LogP contribution in [0.3, 0.4) is 0 Å². The summed E-state index contributed by atoms with van der Waals surface area (Å²) in [6, 6.07) is 0. The molecule has 0 nitrogen and oxygen atoms in total. The lowest BCUT2D eigenvalue weighted by molar-refractivity contribution is 0.0989. The molecule has 1 saturated heterocycles. The molecule has 2 bridgehead atoms. The van der Waals surface area contributed by atoms with Crippen LogP contribution in [0.1, 0.15) is 66.2 Å². The van der Waals surface area contributed by atoms with Crippen LogP contribution in [0.15, 0.2) is 0 Å². The highest BCUT2D eigenvalue weighted by Crippen LogP contribution is 2.71. The Kier molecular flexibility index (Phi) is 3.30. The molecule has 0 spiro atoms. The number of hydrogen-bond donors (Lipinski definition) is 0. The van der Waals surface area contributed by atoms with Gasteiger partial charge in [-0.2, -0.15) is 11.8 Å². The first-order chi connectivity index (χ1) is 8.35. The van der Waals surface area contributed by atoms with Crippen LogP contribution < -0.4 is 0 Å². The summed E-state index contributed by atoms with van der Waals surface area (Å²) in [5.74, 6) is 2.31. The van der Waals surface area contributed by atoms with Crippen molar-refractivity contribution in [2.75, 3.05) is 5.75 Å². The van der Waals surface area contributed by atoms with Crippen LogP contribution in [0.2, 0.25) is 0 Å². The van der Waals surface area contributed by atoms with Gasteiger partial charge in [-0.05, 0) is 55.6 Å². The first-order valence-electron chi connectivity index (χ1n) is 7.67. The minimum Gasteiger partial charge on any atom is -0.158 e. The van der Waals surface area contributed by atoms with E-state index in [2.05, 4.69) is 51.2 Å². The maximum absolute atomic E-state index is 2.50. The molecule has 4 rings (SSSR count). The van der Waals surface area contributed by atoms with E-state index in [9.17, 15) is 0 Å². The number of rotatable bonds is 5. The van der Waals surface area contributed by atoms with Gasteiger partial charge in [0.2, 0.25) is 0 Å². The molecule has 0 amide bonds. The summed E-state index contributed by atoms with van der Waals surface area (Å²) in [4.78, 5) is 0. The van der Waals surface area contributed by atoms with Crippen LogP contribution >= 0.6 is 23.5 Å². The molecule has 1 heterocycles. The minimum atomic E-state index is 0.506. The molecule has 1 unspecified atom stereocenters. The Morgan fingerprint density at radius 2 is 1.94 bits per heavy atom. The summed E-state index contributed by atoms with van der Waals surface area (Å²) >= 11 is 4.55. The molecule has 18 heavy (non-hydrogen) atoms. The Hall–Kier alpha value is 0.700. The zero-order chi connectivity index (χ0) is 13.0. The Bertz CT molecular complexity index is 322. The molecule has 0 aromatic rings. The quantitative estimate of drug-likeness (QED) is 0.666. The fraction of sp³-hybridized carbons (Fsp3) is 1.00. The summed E-state index contributed by atoms with van der Waals surface area (Å²) in [5.41, 5.74) is 0.744. The van der Waals surface area contributed by atoms with Crippen molar-refractivity contribution in [1.29, 1.82) is 0 Å². The summed E-state index contributed by atoms with van der Waals surface area (Å²) in [6.45, 7) is 9.88. The third-order valence-electron chi connectivity index (χ3n) is 5.66. The van der Waals surface area contributed by atoms with Gasteiger partial charge in [0, 0.05) is 14.7 Å². The predicted molar refractivity (Wildman–Crippen MR) is 85.6 cm³/mol. The van der Waals surface area contributed by atoms with E-state index >= 15 is 0 Å². The lowest BCUT2D eigenvalue weighted by Gasteiger charge is -2.52. The summed E-state index contributed by atoms with van der Waals surface area (Å²) in [7, 11) is 0.